The Kier molecular flexibility index (Phi) is 3.49. The summed E-state index contributed by atoms with van der Waals surface area (Å²) < 4.78 is 0. The Balaban J connectivity index is 1.99. The maximum atomic E-state index is 12.3. The molecule has 0 aliphatic heterocycles. The van der Waals surface area contributed by atoms with E-state index in [1.807, 2.05) is 36.4 Å². The third kappa shape index (κ3) is 2.49. The van der Waals surface area contributed by atoms with Crippen LogP contribution in [0.1, 0.15) is 21.0 Å². The molecule has 6 heteroatoms. The molecule has 0 saturated carbocycles. The summed E-state index contributed by atoms with van der Waals surface area (Å²) in [7, 11) is 0. The van der Waals surface area contributed by atoms with Crippen LogP contribution >= 0.6 is 0 Å². The molecule has 0 radical (unpaired) electrons. The topological polar surface area (TPSA) is 92.2 Å². The second kappa shape index (κ2) is 5.61. The molecule has 0 fully saturated rings. The van der Waals surface area contributed by atoms with Gasteiger partial charge in [0.2, 0.25) is 0 Å². The molecule has 0 aliphatic rings. The quantitative estimate of drug-likeness (QED) is 0.774. The number of benzene rings is 2. The van der Waals surface area contributed by atoms with Crippen molar-refractivity contribution in [2.75, 3.05) is 5.32 Å². The number of carbonyl (C=O) groups is 2. The molecule has 1 aromatic heterocycles. The van der Waals surface area contributed by atoms with Gasteiger partial charge in [0.1, 0.15) is 0 Å². The zero-order valence-corrected chi connectivity index (χ0v) is 11.4. The largest absolute Gasteiger partial charge is 0.476 e. The Labute approximate surface area is 125 Å². The lowest BCUT2D eigenvalue weighted by Gasteiger charge is -2.09. The summed E-state index contributed by atoms with van der Waals surface area (Å²) in [4.78, 5) is 30.9. The number of fused-ring (bicyclic) bond motifs is 1. The molecule has 0 atom stereocenters. The van der Waals surface area contributed by atoms with E-state index in [2.05, 4.69) is 15.3 Å². The highest BCUT2D eigenvalue weighted by molar-refractivity contribution is 6.11. The normalized spacial score (nSPS) is 10.4. The minimum atomic E-state index is -1.30. The maximum absolute atomic E-state index is 12.3. The molecule has 0 saturated heterocycles. The molecule has 2 N–H and O–H groups in total. The van der Waals surface area contributed by atoms with E-state index < -0.39 is 11.9 Å². The van der Waals surface area contributed by atoms with Gasteiger partial charge in [-0.25, -0.2) is 14.8 Å². The van der Waals surface area contributed by atoms with Crippen molar-refractivity contribution in [1.82, 2.24) is 9.97 Å². The predicted octanol–water partition coefficient (Wildman–Crippen LogP) is 2.58. The van der Waals surface area contributed by atoms with E-state index in [9.17, 15) is 9.59 Å². The molecule has 3 aromatic rings. The zero-order chi connectivity index (χ0) is 15.5. The number of carboxylic acid groups (broad SMARTS) is 1. The Bertz CT molecular complexity index is 872. The van der Waals surface area contributed by atoms with Crippen LogP contribution in [0.2, 0.25) is 0 Å². The molecule has 0 bridgehead atoms. The third-order valence-corrected chi connectivity index (χ3v) is 3.15. The number of carboxylic acids is 1. The molecule has 3 rings (SSSR count). The van der Waals surface area contributed by atoms with Gasteiger partial charge in [-0.3, -0.25) is 4.79 Å². The molecular weight excluding hydrogens is 282 g/mol. The van der Waals surface area contributed by atoms with Crippen molar-refractivity contribution in [2.24, 2.45) is 0 Å². The molecule has 1 heterocycles. The van der Waals surface area contributed by atoms with Crippen LogP contribution in [0.5, 0.6) is 0 Å². The van der Waals surface area contributed by atoms with Gasteiger partial charge in [-0.15, -0.1) is 0 Å². The summed E-state index contributed by atoms with van der Waals surface area (Å²) in [6.07, 6.45) is 2.52. The Hall–Kier alpha value is -3.28. The molecule has 22 heavy (non-hydrogen) atoms. The molecule has 1 amide bonds. The maximum Gasteiger partial charge on any atom is 0.356 e. The van der Waals surface area contributed by atoms with Crippen LogP contribution in [0.15, 0.2) is 54.9 Å². The molecular formula is C16H11N3O3. The Morgan fingerprint density at radius 2 is 1.59 bits per heavy atom. The Morgan fingerprint density at radius 3 is 2.36 bits per heavy atom. The van der Waals surface area contributed by atoms with E-state index in [1.165, 1.54) is 12.4 Å². The van der Waals surface area contributed by atoms with E-state index in [-0.39, 0.29) is 11.4 Å². The molecule has 2 aromatic carbocycles. The average Bonchev–Trinajstić information content (AvgIpc) is 2.55. The van der Waals surface area contributed by atoms with Gasteiger partial charge >= 0.3 is 5.97 Å². The highest BCUT2D eigenvalue weighted by Crippen LogP contribution is 2.23. The van der Waals surface area contributed by atoms with Gasteiger partial charge in [-0.2, -0.15) is 0 Å². The third-order valence-electron chi connectivity index (χ3n) is 3.15. The summed E-state index contributed by atoms with van der Waals surface area (Å²) in [5.74, 6) is -1.90. The van der Waals surface area contributed by atoms with Crippen LogP contribution < -0.4 is 5.32 Å². The number of aromatic carboxylic acids is 1. The first-order valence-electron chi connectivity index (χ1n) is 6.50. The predicted molar refractivity (Wildman–Crippen MR) is 80.9 cm³/mol. The van der Waals surface area contributed by atoms with Crippen molar-refractivity contribution in [3.63, 3.8) is 0 Å². The number of nitrogens with one attached hydrogen (secondary N) is 1. The zero-order valence-electron chi connectivity index (χ0n) is 11.4. The van der Waals surface area contributed by atoms with Crippen molar-refractivity contribution in [3.05, 3.63) is 66.2 Å². The fourth-order valence-corrected chi connectivity index (χ4v) is 2.18. The highest BCUT2D eigenvalue weighted by atomic mass is 16.4. The summed E-state index contributed by atoms with van der Waals surface area (Å²) in [6.45, 7) is 0. The van der Waals surface area contributed by atoms with Crippen molar-refractivity contribution >= 4 is 28.3 Å². The number of nitrogens with zero attached hydrogens (tertiary/aromatic N) is 2. The van der Waals surface area contributed by atoms with Crippen LogP contribution in [0.4, 0.5) is 5.69 Å². The van der Waals surface area contributed by atoms with Gasteiger partial charge in [0.25, 0.3) is 5.91 Å². The van der Waals surface area contributed by atoms with Gasteiger partial charge in [-0.1, -0.05) is 36.4 Å². The smallest absolute Gasteiger partial charge is 0.356 e. The summed E-state index contributed by atoms with van der Waals surface area (Å²) >= 11 is 0. The number of rotatable bonds is 3. The molecule has 0 unspecified atom stereocenters. The minimum absolute atomic E-state index is 0.220. The van der Waals surface area contributed by atoms with Crippen LogP contribution in [0, 0.1) is 0 Å². The molecule has 6 nitrogen and oxygen atoms in total. The lowest BCUT2D eigenvalue weighted by Crippen LogP contribution is -2.19. The lowest BCUT2D eigenvalue weighted by molar-refractivity contribution is 0.0685. The van der Waals surface area contributed by atoms with E-state index in [0.717, 1.165) is 10.8 Å². The van der Waals surface area contributed by atoms with Crippen LogP contribution in [-0.4, -0.2) is 27.0 Å². The van der Waals surface area contributed by atoms with Crippen molar-refractivity contribution in [2.45, 2.75) is 0 Å². The fraction of sp³-hybridized carbons (Fsp3) is 0. The van der Waals surface area contributed by atoms with Crippen LogP contribution in [0.25, 0.3) is 10.8 Å². The Morgan fingerprint density at radius 1 is 0.909 bits per heavy atom. The summed E-state index contributed by atoms with van der Waals surface area (Å²) in [5, 5.41) is 13.6. The number of hydrogen-bond acceptors (Lipinski definition) is 4. The molecule has 0 spiro atoms. The second-order valence-electron chi connectivity index (χ2n) is 4.54. The van der Waals surface area contributed by atoms with Gasteiger partial charge in [0.15, 0.2) is 11.4 Å². The molecule has 0 aliphatic carbocycles. The first-order chi connectivity index (χ1) is 10.7. The van der Waals surface area contributed by atoms with Crippen LogP contribution in [-0.2, 0) is 0 Å². The van der Waals surface area contributed by atoms with Crippen molar-refractivity contribution in [1.29, 1.82) is 0 Å². The van der Waals surface area contributed by atoms with Gasteiger partial charge in [-0.05, 0) is 11.5 Å². The summed E-state index contributed by atoms with van der Waals surface area (Å²) in [5.41, 5.74) is -0.00624. The average molecular weight is 293 g/mol. The SMILES string of the molecule is O=C(O)c1nccnc1C(=O)Nc1cccc2ccccc12. The minimum Gasteiger partial charge on any atom is -0.476 e. The van der Waals surface area contributed by atoms with E-state index in [4.69, 9.17) is 5.11 Å². The van der Waals surface area contributed by atoms with E-state index in [0.29, 0.717) is 5.69 Å². The van der Waals surface area contributed by atoms with E-state index in [1.54, 1.807) is 6.07 Å². The number of amides is 1. The lowest BCUT2D eigenvalue weighted by atomic mass is 10.1. The van der Waals surface area contributed by atoms with Crippen LogP contribution in [0.3, 0.4) is 0 Å². The first kappa shape index (κ1) is 13.7. The summed E-state index contributed by atoms with van der Waals surface area (Å²) in [6, 6.07) is 13.1. The number of hydrogen-bond donors (Lipinski definition) is 2. The second-order valence-corrected chi connectivity index (χ2v) is 4.54. The van der Waals surface area contributed by atoms with Gasteiger partial charge in [0.05, 0.1) is 0 Å². The van der Waals surface area contributed by atoms with E-state index >= 15 is 0 Å². The molecule has 108 valence electrons. The monoisotopic (exact) mass is 293 g/mol. The number of aromatic nitrogens is 2. The highest BCUT2D eigenvalue weighted by Gasteiger charge is 2.19. The van der Waals surface area contributed by atoms with Gasteiger partial charge < -0.3 is 10.4 Å². The van der Waals surface area contributed by atoms with Crippen molar-refractivity contribution in [3.8, 4) is 0 Å². The van der Waals surface area contributed by atoms with Gasteiger partial charge in [0, 0.05) is 23.5 Å². The first-order valence-corrected chi connectivity index (χ1v) is 6.50. The fourth-order valence-electron chi connectivity index (χ4n) is 2.18. The number of carbonyl (C=O) groups excluding carboxylic acids is 1. The standard InChI is InChI=1S/C16H11N3O3/c20-15(13-14(16(21)22)18-9-8-17-13)19-12-7-3-5-10-4-1-2-6-11(10)12/h1-9H,(H,19,20)(H,21,22). The van der Waals surface area contributed by atoms with Crippen molar-refractivity contribution < 1.29 is 14.7 Å². The number of anilines is 1.